The summed E-state index contributed by atoms with van der Waals surface area (Å²) < 4.78 is 7.36. The van der Waals surface area contributed by atoms with Crippen LogP contribution in [0.25, 0.3) is 10.9 Å². The molecule has 0 spiro atoms. The molecule has 0 amide bonds. The lowest BCUT2D eigenvalue weighted by Crippen LogP contribution is -2.28. The zero-order valence-corrected chi connectivity index (χ0v) is 19.7. The number of nitrogens with zero attached hydrogens (tertiary/aromatic N) is 5. The van der Waals surface area contributed by atoms with E-state index in [0.29, 0.717) is 31.2 Å². The van der Waals surface area contributed by atoms with Gasteiger partial charge in [0.1, 0.15) is 5.75 Å². The van der Waals surface area contributed by atoms with E-state index in [1.807, 2.05) is 28.9 Å². The van der Waals surface area contributed by atoms with Crippen LogP contribution >= 0.6 is 0 Å². The smallest absolute Gasteiger partial charge is 0.252 e. The Labute approximate surface area is 198 Å². The monoisotopic (exact) mass is 458 g/mol. The first-order chi connectivity index (χ1) is 16.6. The Morgan fingerprint density at radius 1 is 1.06 bits per heavy atom. The van der Waals surface area contributed by atoms with Gasteiger partial charge in [-0.15, -0.1) is 5.10 Å². The molecule has 0 aliphatic heterocycles. The number of nitrogens with one attached hydrogen (secondary N) is 1. The molecule has 1 aliphatic carbocycles. The highest BCUT2D eigenvalue weighted by Gasteiger charge is 2.23. The van der Waals surface area contributed by atoms with E-state index in [2.05, 4.69) is 56.6 Å². The third-order valence-electron chi connectivity index (χ3n) is 6.65. The van der Waals surface area contributed by atoms with E-state index < -0.39 is 0 Å². The maximum absolute atomic E-state index is 12.9. The van der Waals surface area contributed by atoms with E-state index in [4.69, 9.17) is 4.74 Å². The fraction of sp³-hybridized carbons (Fsp3) is 0.385. The van der Waals surface area contributed by atoms with Gasteiger partial charge < -0.3 is 9.72 Å². The molecule has 34 heavy (non-hydrogen) atoms. The van der Waals surface area contributed by atoms with Crippen LogP contribution in [0, 0.1) is 6.92 Å². The van der Waals surface area contributed by atoms with Crippen molar-refractivity contribution < 1.29 is 4.74 Å². The first-order valence-electron chi connectivity index (χ1n) is 11.8. The van der Waals surface area contributed by atoms with Crippen LogP contribution in [0.4, 0.5) is 0 Å². The number of rotatable bonds is 8. The van der Waals surface area contributed by atoms with Crippen LogP contribution in [0.15, 0.2) is 53.3 Å². The number of fused-ring (bicyclic) bond motifs is 1. The van der Waals surface area contributed by atoms with Crippen molar-refractivity contribution in [1.82, 2.24) is 30.1 Å². The molecule has 0 atom stereocenters. The van der Waals surface area contributed by atoms with Crippen molar-refractivity contribution in [2.24, 2.45) is 0 Å². The highest BCUT2D eigenvalue weighted by atomic mass is 16.5. The van der Waals surface area contributed by atoms with Crippen LogP contribution in [-0.4, -0.2) is 37.2 Å². The molecular weight excluding hydrogens is 428 g/mol. The number of hydrogen-bond donors (Lipinski definition) is 1. The van der Waals surface area contributed by atoms with Crippen LogP contribution < -0.4 is 10.3 Å². The lowest BCUT2D eigenvalue weighted by molar-refractivity contribution is 0.231. The Morgan fingerprint density at radius 3 is 2.62 bits per heavy atom. The second-order valence-corrected chi connectivity index (χ2v) is 9.19. The molecule has 0 unspecified atom stereocenters. The summed E-state index contributed by atoms with van der Waals surface area (Å²) in [5, 5.41) is 13.6. The molecule has 0 radical (unpaired) electrons. The third kappa shape index (κ3) is 4.87. The first-order valence-corrected chi connectivity index (χ1v) is 11.8. The molecule has 1 aliphatic rings. The molecule has 2 aromatic carbocycles. The third-order valence-corrected chi connectivity index (χ3v) is 6.65. The van der Waals surface area contributed by atoms with Crippen molar-refractivity contribution >= 4 is 10.9 Å². The van der Waals surface area contributed by atoms with Crippen molar-refractivity contribution in [3.63, 3.8) is 0 Å². The average molecular weight is 459 g/mol. The van der Waals surface area contributed by atoms with Crippen LogP contribution in [-0.2, 0) is 19.6 Å². The van der Waals surface area contributed by atoms with Gasteiger partial charge in [0.05, 0.1) is 19.7 Å². The fourth-order valence-electron chi connectivity index (χ4n) is 4.78. The number of pyridine rings is 1. The molecule has 1 N–H and O–H groups in total. The zero-order valence-electron chi connectivity index (χ0n) is 19.7. The molecule has 2 aromatic heterocycles. The molecule has 0 bridgehead atoms. The molecule has 8 nitrogen and oxygen atoms in total. The average Bonchev–Trinajstić information content (AvgIpc) is 3.53. The maximum Gasteiger partial charge on any atom is 0.252 e. The van der Waals surface area contributed by atoms with Gasteiger partial charge in [0.15, 0.2) is 5.82 Å². The predicted octanol–water partition coefficient (Wildman–Crippen LogP) is 4.15. The van der Waals surface area contributed by atoms with Gasteiger partial charge in [-0.3, -0.25) is 9.69 Å². The minimum atomic E-state index is -0.0815. The Morgan fingerprint density at radius 2 is 1.85 bits per heavy atom. The summed E-state index contributed by atoms with van der Waals surface area (Å²) >= 11 is 0. The number of ether oxygens (including phenoxy) is 1. The number of tetrazole rings is 1. The standard InChI is InChI=1S/C26H30N6O2/c1-18-7-9-19(10-8-18)15-31(17-25-28-29-30-32(25)22-5-3-4-6-22)16-21-13-20-14-23(34-2)11-12-24(20)27-26(21)33/h7-14,22H,3-6,15-17H2,1-2H3,(H,27,33). The molecule has 4 aromatic rings. The summed E-state index contributed by atoms with van der Waals surface area (Å²) in [5.74, 6) is 1.61. The van der Waals surface area contributed by atoms with Crippen LogP contribution in [0.3, 0.4) is 0 Å². The Bertz CT molecular complexity index is 1320. The van der Waals surface area contributed by atoms with Gasteiger partial charge in [-0.05, 0) is 60.0 Å². The van der Waals surface area contributed by atoms with Crippen molar-refractivity contribution in [1.29, 1.82) is 0 Å². The molecular formula is C26H30N6O2. The molecule has 8 heteroatoms. The Kier molecular flexibility index (Phi) is 6.40. The SMILES string of the molecule is COc1ccc2[nH]c(=O)c(CN(Cc3ccc(C)cc3)Cc3nnnn3C3CCCC3)cc2c1. The van der Waals surface area contributed by atoms with E-state index in [-0.39, 0.29) is 5.56 Å². The van der Waals surface area contributed by atoms with Gasteiger partial charge in [0.2, 0.25) is 0 Å². The Balaban J connectivity index is 1.46. The molecule has 1 fully saturated rings. The van der Waals surface area contributed by atoms with Gasteiger partial charge in [-0.25, -0.2) is 4.68 Å². The second kappa shape index (κ2) is 9.77. The topological polar surface area (TPSA) is 88.9 Å². The number of benzene rings is 2. The molecule has 2 heterocycles. The minimum Gasteiger partial charge on any atom is -0.497 e. The number of H-pyrrole nitrogens is 1. The first kappa shape index (κ1) is 22.3. The van der Waals surface area contributed by atoms with Gasteiger partial charge in [-0.1, -0.05) is 42.7 Å². The van der Waals surface area contributed by atoms with Crippen molar-refractivity contribution in [3.05, 3.63) is 81.4 Å². The number of aromatic nitrogens is 5. The molecule has 5 rings (SSSR count). The van der Waals surface area contributed by atoms with Crippen molar-refractivity contribution in [3.8, 4) is 5.75 Å². The zero-order chi connectivity index (χ0) is 23.5. The van der Waals surface area contributed by atoms with Crippen molar-refractivity contribution in [2.75, 3.05) is 7.11 Å². The van der Waals surface area contributed by atoms with Gasteiger partial charge >= 0.3 is 0 Å². The number of methoxy groups -OCH3 is 1. The maximum atomic E-state index is 12.9. The predicted molar refractivity (Wildman–Crippen MR) is 131 cm³/mol. The van der Waals surface area contributed by atoms with E-state index in [1.165, 1.54) is 24.0 Å². The summed E-state index contributed by atoms with van der Waals surface area (Å²) in [6.45, 7) is 3.81. The normalized spacial score (nSPS) is 14.3. The Hall–Kier alpha value is -3.52. The largest absolute Gasteiger partial charge is 0.497 e. The van der Waals surface area contributed by atoms with Gasteiger partial charge in [-0.2, -0.15) is 0 Å². The number of aromatic amines is 1. The summed E-state index contributed by atoms with van der Waals surface area (Å²) in [5.41, 5.74) is 3.82. The van der Waals surface area contributed by atoms with Crippen LogP contribution in [0.2, 0.25) is 0 Å². The van der Waals surface area contributed by atoms with E-state index in [1.54, 1.807) is 7.11 Å². The molecule has 176 valence electrons. The van der Waals surface area contributed by atoms with Crippen LogP contribution in [0.5, 0.6) is 5.75 Å². The number of hydrogen-bond acceptors (Lipinski definition) is 6. The summed E-state index contributed by atoms with van der Waals surface area (Å²) in [6.07, 6.45) is 4.66. The lowest BCUT2D eigenvalue weighted by Gasteiger charge is -2.23. The quantitative estimate of drug-likeness (QED) is 0.427. The van der Waals surface area contributed by atoms with Crippen LogP contribution in [0.1, 0.15) is 54.2 Å². The summed E-state index contributed by atoms with van der Waals surface area (Å²) in [6, 6.07) is 16.5. The van der Waals surface area contributed by atoms with E-state index in [0.717, 1.165) is 35.3 Å². The summed E-state index contributed by atoms with van der Waals surface area (Å²) in [4.78, 5) is 18.2. The second-order valence-electron chi connectivity index (χ2n) is 9.19. The lowest BCUT2D eigenvalue weighted by atomic mass is 10.1. The molecule has 0 saturated heterocycles. The van der Waals surface area contributed by atoms with E-state index >= 15 is 0 Å². The molecule has 1 saturated carbocycles. The summed E-state index contributed by atoms with van der Waals surface area (Å²) in [7, 11) is 1.64. The highest BCUT2D eigenvalue weighted by Crippen LogP contribution is 2.29. The fourth-order valence-corrected chi connectivity index (χ4v) is 4.78. The highest BCUT2D eigenvalue weighted by molar-refractivity contribution is 5.80. The minimum absolute atomic E-state index is 0.0815. The van der Waals surface area contributed by atoms with E-state index in [9.17, 15) is 4.79 Å². The van der Waals surface area contributed by atoms with Crippen molar-refractivity contribution in [2.45, 2.75) is 58.3 Å². The number of aryl methyl sites for hydroxylation is 1. The van der Waals surface area contributed by atoms with Gasteiger partial charge in [0.25, 0.3) is 5.56 Å². The van der Waals surface area contributed by atoms with Gasteiger partial charge in [0, 0.05) is 29.6 Å².